The average molecular weight is 278 g/mol. The molecule has 0 N–H and O–H groups in total. The van der Waals surface area contributed by atoms with Crippen LogP contribution in [0.1, 0.15) is 27.0 Å². The molecular formula is C16H13F3O. The Bertz CT molecular complexity index is 634. The van der Waals surface area contributed by atoms with Gasteiger partial charge in [-0.25, -0.2) is 13.2 Å². The third-order valence-corrected chi connectivity index (χ3v) is 3.11. The van der Waals surface area contributed by atoms with Crippen LogP contribution in [0.2, 0.25) is 0 Å². The summed E-state index contributed by atoms with van der Waals surface area (Å²) >= 11 is 0. The number of Topliss-reactive ketones (excluding diaryl/α,β-unsaturated/α-hetero) is 1. The predicted molar refractivity (Wildman–Crippen MR) is 70.3 cm³/mol. The maximum absolute atomic E-state index is 13.9. The van der Waals surface area contributed by atoms with Crippen molar-refractivity contribution in [2.45, 2.75) is 20.3 Å². The highest BCUT2D eigenvalue weighted by Crippen LogP contribution is 2.20. The van der Waals surface area contributed by atoms with Crippen molar-refractivity contribution in [2.24, 2.45) is 0 Å². The Labute approximate surface area is 115 Å². The first-order valence-electron chi connectivity index (χ1n) is 6.13. The monoisotopic (exact) mass is 278 g/mol. The zero-order valence-corrected chi connectivity index (χ0v) is 11.1. The molecule has 2 aromatic rings. The third-order valence-electron chi connectivity index (χ3n) is 3.11. The first-order chi connectivity index (χ1) is 9.40. The Morgan fingerprint density at radius 1 is 1.00 bits per heavy atom. The van der Waals surface area contributed by atoms with Gasteiger partial charge in [0.25, 0.3) is 0 Å². The first-order valence-corrected chi connectivity index (χ1v) is 6.13. The lowest BCUT2D eigenvalue weighted by atomic mass is 9.96. The zero-order chi connectivity index (χ0) is 14.9. The van der Waals surface area contributed by atoms with E-state index in [-0.39, 0.29) is 11.1 Å². The fourth-order valence-corrected chi connectivity index (χ4v) is 2.22. The minimum Gasteiger partial charge on any atom is -0.294 e. The quantitative estimate of drug-likeness (QED) is 0.771. The van der Waals surface area contributed by atoms with Gasteiger partial charge in [-0.3, -0.25) is 4.79 Å². The smallest absolute Gasteiger partial charge is 0.170 e. The van der Waals surface area contributed by atoms with Crippen molar-refractivity contribution in [3.8, 4) is 0 Å². The van der Waals surface area contributed by atoms with Gasteiger partial charge in [-0.15, -0.1) is 0 Å². The van der Waals surface area contributed by atoms with E-state index in [0.29, 0.717) is 11.1 Å². The van der Waals surface area contributed by atoms with E-state index in [4.69, 9.17) is 0 Å². The van der Waals surface area contributed by atoms with Crippen LogP contribution in [-0.4, -0.2) is 5.78 Å². The number of rotatable bonds is 3. The zero-order valence-electron chi connectivity index (χ0n) is 11.1. The largest absolute Gasteiger partial charge is 0.294 e. The Kier molecular flexibility index (Phi) is 3.93. The van der Waals surface area contributed by atoms with E-state index in [9.17, 15) is 18.0 Å². The topological polar surface area (TPSA) is 17.1 Å². The molecule has 0 radical (unpaired) electrons. The lowest BCUT2D eigenvalue weighted by Gasteiger charge is -2.09. The number of benzene rings is 2. The molecular weight excluding hydrogens is 265 g/mol. The summed E-state index contributed by atoms with van der Waals surface area (Å²) in [6.07, 6.45) is -0.501. The van der Waals surface area contributed by atoms with Crippen molar-refractivity contribution in [3.63, 3.8) is 0 Å². The van der Waals surface area contributed by atoms with Gasteiger partial charge < -0.3 is 0 Å². The van der Waals surface area contributed by atoms with Crippen LogP contribution in [0, 0.1) is 31.3 Å². The molecule has 0 saturated carbocycles. The van der Waals surface area contributed by atoms with Gasteiger partial charge in [0.15, 0.2) is 5.78 Å². The summed E-state index contributed by atoms with van der Waals surface area (Å²) in [4.78, 5) is 12.1. The fraction of sp³-hybridized carbons (Fsp3) is 0.188. The first kappa shape index (κ1) is 14.3. The van der Waals surface area contributed by atoms with Gasteiger partial charge in [0.1, 0.15) is 17.5 Å². The van der Waals surface area contributed by atoms with Crippen LogP contribution in [0.3, 0.4) is 0 Å². The fourth-order valence-electron chi connectivity index (χ4n) is 2.22. The molecule has 20 heavy (non-hydrogen) atoms. The molecule has 0 heterocycles. The van der Waals surface area contributed by atoms with Crippen molar-refractivity contribution in [1.82, 2.24) is 0 Å². The number of ketones is 1. The second-order valence-electron chi connectivity index (χ2n) is 4.74. The van der Waals surface area contributed by atoms with E-state index in [1.54, 1.807) is 19.9 Å². The Morgan fingerprint density at radius 3 is 2.15 bits per heavy atom. The number of halogens is 3. The van der Waals surface area contributed by atoms with Crippen LogP contribution in [0.15, 0.2) is 30.3 Å². The Balaban J connectivity index is 2.39. The summed E-state index contributed by atoms with van der Waals surface area (Å²) in [6, 6.07) is 6.26. The van der Waals surface area contributed by atoms with Gasteiger partial charge in [0.2, 0.25) is 0 Å². The molecule has 0 aliphatic heterocycles. The summed E-state index contributed by atoms with van der Waals surface area (Å²) < 4.78 is 40.9. The molecule has 104 valence electrons. The summed E-state index contributed by atoms with van der Waals surface area (Å²) in [7, 11) is 0. The Morgan fingerprint density at radius 2 is 1.60 bits per heavy atom. The molecule has 0 saturated heterocycles. The normalized spacial score (nSPS) is 10.7. The van der Waals surface area contributed by atoms with E-state index < -0.39 is 29.7 Å². The second kappa shape index (κ2) is 5.49. The van der Waals surface area contributed by atoms with Crippen molar-refractivity contribution in [1.29, 1.82) is 0 Å². The van der Waals surface area contributed by atoms with Crippen molar-refractivity contribution >= 4 is 5.78 Å². The van der Waals surface area contributed by atoms with Gasteiger partial charge in [0.05, 0.1) is 5.56 Å². The molecule has 2 rings (SSSR count). The highest BCUT2D eigenvalue weighted by molar-refractivity contribution is 5.99. The predicted octanol–water partition coefficient (Wildman–Crippen LogP) is 4.15. The number of aryl methyl sites for hydroxylation is 2. The van der Waals surface area contributed by atoms with Crippen LogP contribution in [-0.2, 0) is 6.42 Å². The SMILES string of the molecule is Cc1cc(C)c(C(=O)Cc2c(F)cccc2F)c(F)c1. The maximum Gasteiger partial charge on any atom is 0.170 e. The molecule has 0 atom stereocenters. The van der Waals surface area contributed by atoms with E-state index in [0.717, 1.165) is 12.1 Å². The number of hydrogen-bond acceptors (Lipinski definition) is 1. The van der Waals surface area contributed by atoms with E-state index >= 15 is 0 Å². The van der Waals surface area contributed by atoms with Crippen LogP contribution < -0.4 is 0 Å². The van der Waals surface area contributed by atoms with Crippen LogP contribution >= 0.6 is 0 Å². The Hall–Kier alpha value is -2.10. The van der Waals surface area contributed by atoms with Gasteiger partial charge in [0, 0.05) is 12.0 Å². The molecule has 0 unspecified atom stereocenters. The number of hydrogen-bond donors (Lipinski definition) is 0. The van der Waals surface area contributed by atoms with Crippen LogP contribution in [0.5, 0.6) is 0 Å². The van der Waals surface area contributed by atoms with Crippen molar-refractivity contribution in [3.05, 3.63) is 70.0 Å². The molecule has 0 spiro atoms. The molecule has 0 aromatic heterocycles. The molecule has 4 heteroatoms. The number of carbonyl (C=O) groups excluding carboxylic acids is 1. The minimum atomic E-state index is -0.802. The van der Waals surface area contributed by atoms with Crippen LogP contribution in [0.4, 0.5) is 13.2 Å². The third kappa shape index (κ3) is 2.74. The van der Waals surface area contributed by atoms with Crippen molar-refractivity contribution < 1.29 is 18.0 Å². The van der Waals surface area contributed by atoms with Gasteiger partial charge >= 0.3 is 0 Å². The van der Waals surface area contributed by atoms with Gasteiger partial charge in [-0.1, -0.05) is 12.1 Å². The molecule has 2 aromatic carbocycles. The van der Waals surface area contributed by atoms with E-state index in [1.807, 2.05) is 0 Å². The molecule has 0 aliphatic rings. The molecule has 1 nitrogen and oxygen atoms in total. The minimum absolute atomic E-state index is 0.113. The average Bonchev–Trinajstić information content (AvgIpc) is 2.32. The van der Waals surface area contributed by atoms with Crippen LogP contribution in [0.25, 0.3) is 0 Å². The van der Waals surface area contributed by atoms with Gasteiger partial charge in [-0.05, 0) is 43.2 Å². The standard InChI is InChI=1S/C16H13F3O/c1-9-6-10(2)16(14(19)7-9)15(20)8-11-12(17)4-3-5-13(11)18/h3-7H,8H2,1-2H3. The second-order valence-corrected chi connectivity index (χ2v) is 4.74. The summed E-state index contributed by atoms with van der Waals surface area (Å²) in [5, 5.41) is 0. The summed E-state index contributed by atoms with van der Waals surface area (Å²) in [5.74, 6) is -2.90. The maximum atomic E-state index is 13.9. The van der Waals surface area contributed by atoms with E-state index in [2.05, 4.69) is 0 Å². The summed E-state index contributed by atoms with van der Waals surface area (Å²) in [5.41, 5.74) is 0.702. The van der Waals surface area contributed by atoms with Crippen molar-refractivity contribution in [2.75, 3.05) is 0 Å². The highest BCUT2D eigenvalue weighted by atomic mass is 19.1. The molecule has 0 bridgehead atoms. The highest BCUT2D eigenvalue weighted by Gasteiger charge is 2.19. The molecule has 0 aliphatic carbocycles. The van der Waals surface area contributed by atoms with E-state index in [1.165, 1.54) is 12.1 Å². The molecule has 0 amide bonds. The number of carbonyl (C=O) groups is 1. The summed E-state index contributed by atoms with van der Waals surface area (Å²) in [6.45, 7) is 3.31. The lowest BCUT2D eigenvalue weighted by molar-refractivity contribution is 0.0986. The molecule has 0 fully saturated rings. The van der Waals surface area contributed by atoms with Gasteiger partial charge in [-0.2, -0.15) is 0 Å². The lowest BCUT2D eigenvalue weighted by Crippen LogP contribution is -2.11.